The molecule has 1 aromatic rings. The summed E-state index contributed by atoms with van der Waals surface area (Å²) in [6.45, 7) is 3.39. The number of halogens is 3. The van der Waals surface area contributed by atoms with E-state index < -0.39 is 53.8 Å². The number of anilines is 1. The van der Waals surface area contributed by atoms with Gasteiger partial charge in [-0.2, -0.15) is 0 Å². The minimum absolute atomic E-state index is 0.0293. The van der Waals surface area contributed by atoms with Gasteiger partial charge in [-0.25, -0.2) is 0 Å². The van der Waals surface area contributed by atoms with Crippen molar-refractivity contribution in [2.75, 3.05) is 52.4 Å². The molecule has 0 fully saturated rings. The summed E-state index contributed by atoms with van der Waals surface area (Å²) < 4.78 is 25.9. The summed E-state index contributed by atoms with van der Waals surface area (Å²) in [6, 6.07) is 0. The number of benzene rings is 1. The SMILES string of the molecule is COCC(=O)Nc1c(I)c(C(=O)NC[C@@H](COC(C)=O)OC(C)=O)c(I)c(C(=O)N(C)C[C@@H](COC(C)=O)OC(C)=O)c1I. The number of esters is 4. The zero-order chi connectivity index (χ0) is 33.7. The average molecular weight is 959 g/mol. The number of amides is 3. The maximum absolute atomic E-state index is 13.8. The van der Waals surface area contributed by atoms with Crippen molar-refractivity contribution < 1.29 is 57.2 Å². The van der Waals surface area contributed by atoms with Crippen LogP contribution < -0.4 is 10.6 Å². The Labute approximate surface area is 294 Å². The summed E-state index contributed by atoms with van der Waals surface area (Å²) in [5.74, 6) is -4.34. The zero-order valence-corrected chi connectivity index (χ0v) is 31.1. The molecule has 0 bridgehead atoms. The number of carbonyl (C=O) groups is 7. The van der Waals surface area contributed by atoms with Crippen LogP contribution in [0.1, 0.15) is 48.4 Å². The summed E-state index contributed by atoms with van der Waals surface area (Å²) >= 11 is 5.59. The van der Waals surface area contributed by atoms with E-state index in [9.17, 15) is 33.6 Å². The summed E-state index contributed by atoms with van der Waals surface area (Å²) in [5, 5.41) is 5.30. The summed E-state index contributed by atoms with van der Waals surface area (Å²) in [6.07, 6.45) is -1.98. The van der Waals surface area contributed by atoms with Crippen LogP contribution in [0, 0.1) is 10.7 Å². The van der Waals surface area contributed by atoms with Gasteiger partial charge in [0.15, 0.2) is 12.2 Å². The highest BCUT2D eigenvalue weighted by atomic mass is 127. The molecule has 0 radical (unpaired) electrons. The lowest BCUT2D eigenvalue weighted by Gasteiger charge is -2.26. The lowest BCUT2D eigenvalue weighted by atomic mass is 10.1. The molecule has 15 nitrogen and oxygen atoms in total. The first-order valence-electron chi connectivity index (χ1n) is 12.6. The van der Waals surface area contributed by atoms with E-state index >= 15 is 0 Å². The maximum Gasteiger partial charge on any atom is 0.303 e. The number of rotatable bonds is 15. The molecule has 0 unspecified atom stereocenters. The van der Waals surface area contributed by atoms with Gasteiger partial charge in [-0.3, -0.25) is 33.6 Å². The van der Waals surface area contributed by atoms with Crippen LogP contribution in [0.25, 0.3) is 0 Å². The van der Waals surface area contributed by atoms with Gasteiger partial charge in [0.2, 0.25) is 5.91 Å². The Morgan fingerprint density at radius 1 is 0.750 bits per heavy atom. The third-order valence-corrected chi connectivity index (χ3v) is 8.46. The highest BCUT2D eigenvalue weighted by Crippen LogP contribution is 2.36. The Bertz CT molecular complexity index is 1290. The van der Waals surface area contributed by atoms with Gasteiger partial charge in [0.05, 0.1) is 37.0 Å². The van der Waals surface area contributed by atoms with Crippen LogP contribution in [0.4, 0.5) is 5.69 Å². The van der Waals surface area contributed by atoms with E-state index in [2.05, 4.69) is 10.6 Å². The van der Waals surface area contributed by atoms with Crippen molar-refractivity contribution in [1.82, 2.24) is 10.2 Å². The van der Waals surface area contributed by atoms with Crippen molar-refractivity contribution in [3.8, 4) is 0 Å². The van der Waals surface area contributed by atoms with Gasteiger partial charge >= 0.3 is 23.9 Å². The van der Waals surface area contributed by atoms with Gasteiger partial charge < -0.3 is 39.2 Å². The number of hydrogen-bond acceptors (Lipinski definition) is 12. The number of carbonyl (C=O) groups excluding carboxylic acids is 7. The van der Waals surface area contributed by atoms with Crippen LogP contribution in [-0.4, -0.2) is 106 Å². The third kappa shape index (κ3) is 12.9. The summed E-state index contributed by atoms with van der Waals surface area (Å²) in [5.41, 5.74) is 0.252. The molecular formula is C26H32I3N3O12. The second kappa shape index (κ2) is 19.2. The molecule has 2 N–H and O–H groups in total. The van der Waals surface area contributed by atoms with E-state index in [0.29, 0.717) is 7.14 Å². The first-order chi connectivity index (χ1) is 20.5. The van der Waals surface area contributed by atoms with Gasteiger partial charge in [-0.1, -0.05) is 0 Å². The van der Waals surface area contributed by atoms with Gasteiger partial charge in [0.1, 0.15) is 19.8 Å². The highest BCUT2D eigenvalue weighted by Gasteiger charge is 2.31. The first-order valence-corrected chi connectivity index (χ1v) is 15.9. The average Bonchev–Trinajstić information content (AvgIpc) is 2.90. The molecule has 18 heteroatoms. The fourth-order valence-corrected chi connectivity index (χ4v) is 7.88. The van der Waals surface area contributed by atoms with Crippen LogP contribution in [0.2, 0.25) is 0 Å². The topological polar surface area (TPSA) is 193 Å². The molecular weight excluding hydrogens is 927 g/mol. The van der Waals surface area contributed by atoms with Crippen LogP contribution in [0.15, 0.2) is 0 Å². The Balaban J connectivity index is 3.56. The van der Waals surface area contributed by atoms with Crippen molar-refractivity contribution in [3.63, 3.8) is 0 Å². The molecule has 0 aliphatic rings. The van der Waals surface area contributed by atoms with Crippen molar-refractivity contribution >= 4 is 115 Å². The number of nitrogens with one attached hydrogen (secondary N) is 2. The Morgan fingerprint density at radius 3 is 1.75 bits per heavy atom. The van der Waals surface area contributed by atoms with E-state index in [-0.39, 0.29) is 53.3 Å². The van der Waals surface area contributed by atoms with Crippen molar-refractivity contribution in [3.05, 3.63) is 21.8 Å². The van der Waals surface area contributed by atoms with Crippen LogP contribution in [0.3, 0.4) is 0 Å². The Morgan fingerprint density at radius 2 is 1.25 bits per heavy atom. The number of hydrogen-bond donors (Lipinski definition) is 2. The smallest absolute Gasteiger partial charge is 0.303 e. The molecule has 1 aromatic carbocycles. The summed E-state index contributed by atoms with van der Waals surface area (Å²) in [4.78, 5) is 86.8. The molecule has 3 amide bonds. The van der Waals surface area contributed by atoms with E-state index in [0.717, 1.165) is 6.92 Å². The fourth-order valence-electron chi connectivity index (χ4n) is 3.49. The lowest BCUT2D eigenvalue weighted by molar-refractivity contribution is -0.156. The van der Waals surface area contributed by atoms with E-state index in [1.54, 1.807) is 0 Å². The number of likely N-dealkylation sites (N-methyl/N-ethyl adjacent to an activating group) is 1. The molecule has 44 heavy (non-hydrogen) atoms. The minimum atomic E-state index is -0.997. The third-order valence-electron chi connectivity index (χ3n) is 5.22. The molecule has 0 heterocycles. The van der Waals surface area contributed by atoms with Crippen LogP contribution >= 0.6 is 67.8 Å². The molecule has 0 aliphatic carbocycles. The molecule has 0 spiro atoms. The maximum atomic E-state index is 13.8. The van der Waals surface area contributed by atoms with Crippen molar-refractivity contribution in [2.24, 2.45) is 0 Å². The molecule has 0 aromatic heterocycles. The Hall–Kier alpha value is -2.34. The molecule has 2 atom stereocenters. The van der Waals surface area contributed by atoms with E-state index in [4.69, 9.17) is 23.7 Å². The fraction of sp³-hybridized carbons (Fsp3) is 0.500. The second-order valence-electron chi connectivity index (χ2n) is 9.01. The molecule has 0 saturated carbocycles. The van der Waals surface area contributed by atoms with Crippen LogP contribution in [-0.2, 0) is 47.7 Å². The van der Waals surface area contributed by atoms with E-state index in [1.165, 1.54) is 39.8 Å². The standard InChI is InChI=1S/C26H32I3N3O12/c1-12(33)41-9-16(43-14(3)35)7-30-25(38)19-21(27)20(23(29)24(22(19)28)31-18(37)11-40-6)26(39)32(5)8-17(44-15(4)36)10-42-13(2)34/h16-17H,7-11H2,1-6H3,(H,30,38)(H,31,37)/t16-,17-/m0/s1. The monoisotopic (exact) mass is 959 g/mol. The van der Waals surface area contributed by atoms with Gasteiger partial charge in [-0.05, 0) is 67.8 Å². The lowest BCUT2D eigenvalue weighted by Crippen LogP contribution is -2.40. The molecule has 244 valence electrons. The van der Waals surface area contributed by atoms with E-state index in [1.807, 2.05) is 67.8 Å². The van der Waals surface area contributed by atoms with Crippen molar-refractivity contribution in [1.29, 1.82) is 0 Å². The van der Waals surface area contributed by atoms with Gasteiger partial charge in [0.25, 0.3) is 11.8 Å². The quantitative estimate of drug-likeness (QED) is 0.148. The molecule has 0 aliphatic heterocycles. The predicted molar refractivity (Wildman–Crippen MR) is 179 cm³/mol. The summed E-state index contributed by atoms with van der Waals surface area (Å²) in [7, 11) is 2.76. The minimum Gasteiger partial charge on any atom is -0.462 e. The molecule has 0 saturated heterocycles. The first kappa shape index (κ1) is 39.7. The number of nitrogens with zero attached hydrogens (tertiary/aromatic N) is 1. The van der Waals surface area contributed by atoms with Crippen molar-refractivity contribution in [2.45, 2.75) is 39.9 Å². The zero-order valence-electron chi connectivity index (χ0n) is 24.7. The second-order valence-corrected chi connectivity index (χ2v) is 12.2. The van der Waals surface area contributed by atoms with Crippen LogP contribution in [0.5, 0.6) is 0 Å². The number of ether oxygens (including phenoxy) is 5. The molecule has 1 rings (SSSR count). The predicted octanol–water partition coefficient (Wildman–Crippen LogP) is 1.88. The normalized spacial score (nSPS) is 11.8. The highest BCUT2D eigenvalue weighted by molar-refractivity contribution is 14.1. The van der Waals surface area contributed by atoms with Gasteiger partial charge in [-0.15, -0.1) is 0 Å². The largest absolute Gasteiger partial charge is 0.462 e. The Kier molecular flexibility index (Phi) is 17.3. The number of methoxy groups -OCH3 is 1. The van der Waals surface area contributed by atoms with Gasteiger partial charge in [0, 0.05) is 45.4 Å².